The first-order chi connectivity index (χ1) is 6.33. The molecule has 14 heavy (non-hydrogen) atoms. The Kier molecular flexibility index (Phi) is 2.98. The molecule has 1 atom stereocenters. The third kappa shape index (κ3) is 2.83. The van der Waals surface area contributed by atoms with Gasteiger partial charge in [-0.1, -0.05) is 0 Å². The molecule has 0 aliphatic carbocycles. The highest BCUT2D eigenvalue weighted by Gasteiger charge is 2.42. The fourth-order valence-electron chi connectivity index (χ4n) is 1.19. The molecule has 0 aromatic heterocycles. The molecule has 7 heteroatoms. The third-order valence-electron chi connectivity index (χ3n) is 1.96. The molecule has 0 saturated carbocycles. The van der Waals surface area contributed by atoms with E-state index in [1.54, 1.807) is 0 Å². The minimum atomic E-state index is -4.50. The molecular formula is C7H10F4N2O. The van der Waals surface area contributed by atoms with Gasteiger partial charge in [0.15, 0.2) is 0 Å². The van der Waals surface area contributed by atoms with Gasteiger partial charge in [0, 0.05) is 13.0 Å². The molecule has 1 fully saturated rings. The van der Waals surface area contributed by atoms with E-state index in [0.29, 0.717) is 6.54 Å². The molecule has 0 radical (unpaired) electrons. The van der Waals surface area contributed by atoms with Crippen LogP contribution in [0.5, 0.6) is 0 Å². The fourth-order valence-corrected chi connectivity index (χ4v) is 1.19. The maximum Gasteiger partial charge on any atom is 0.405 e. The molecule has 1 aliphatic rings. The average Bonchev–Trinajstić information content (AvgIpc) is 2.48. The van der Waals surface area contributed by atoms with Crippen LogP contribution in [0, 0.1) is 0 Å². The normalized spacial score (nSPS) is 27.7. The fraction of sp³-hybridized carbons (Fsp3) is 0.857. The number of carbonyl (C=O) groups excluding carboxylic acids is 1. The topological polar surface area (TPSA) is 41.1 Å². The van der Waals surface area contributed by atoms with Crippen molar-refractivity contribution >= 4 is 5.91 Å². The van der Waals surface area contributed by atoms with Gasteiger partial charge < -0.3 is 10.6 Å². The van der Waals surface area contributed by atoms with Crippen molar-refractivity contribution in [3.8, 4) is 0 Å². The minimum Gasteiger partial charge on any atom is -0.344 e. The number of carbonyl (C=O) groups is 1. The molecule has 3 nitrogen and oxygen atoms in total. The molecule has 0 bridgehead atoms. The molecular weight excluding hydrogens is 204 g/mol. The van der Waals surface area contributed by atoms with Crippen molar-refractivity contribution < 1.29 is 22.4 Å². The Morgan fingerprint density at radius 3 is 2.57 bits per heavy atom. The number of rotatable bonds is 2. The first-order valence-electron chi connectivity index (χ1n) is 4.08. The smallest absolute Gasteiger partial charge is 0.344 e. The Labute approximate surface area is 77.8 Å². The Bertz CT molecular complexity index is 222. The molecule has 1 aliphatic heterocycles. The van der Waals surface area contributed by atoms with Crippen LogP contribution >= 0.6 is 0 Å². The second-order valence-electron chi connectivity index (χ2n) is 3.19. The van der Waals surface area contributed by atoms with Crippen LogP contribution in [-0.2, 0) is 4.79 Å². The molecule has 82 valence electrons. The maximum absolute atomic E-state index is 13.4. The van der Waals surface area contributed by atoms with E-state index in [1.165, 1.54) is 5.32 Å². The number of halogens is 4. The summed E-state index contributed by atoms with van der Waals surface area (Å²) in [7, 11) is 0. The van der Waals surface area contributed by atoms with E-state index in [-0.39, 0.29) is 13.0 Å². The Balaban J connectivity index is 2.42. The van der Waals surface area contributed by atoms with Crippen molar-refractivity contribution in [2.45, 2.75) is 18.3 Å². The summed E-state index contributed by atoms with van der Waals surface area (Å²) in [6, 6.07) is 0. The van der Waals surface area contributed by atoms with E-state index in [4.69, 9.17) is 0 Å². The molecule has 0 aromatic rings. The molecule has 1 amide bonds. The molecule has 0 unspecified atom stereocenters. The van der Waals surface area contributed by atoms with Crippen LogP contribution in [0.15, 0.2) is 0 Å². The predicted octanol–water partition coefficient (Wildman–Crippen LogP) is 0.366. The van der Waals surface area contributed by atoms with Gasteiger partial charge in [-0.05, 0) is 6.54 Å². The zero-order valence-electron chi connectivity index (χ0n) is 7.25. The summed E-state index contributed by atoms with van der Waals surface area (Å²) in [5.41, 5.74) is -2.19. The van der Waals surface area contributed by atoms with Crippen molar-refractivity contribution in [1.29, 1.82) is 0 Å². The van der Waals surface area contributed by atoms with Crippen molar-refractivity contribution in [1.82, 2.24) is 10.6 Å². The van der Waals surface area contributed by atoms with Gasteiger partial charge >= 0.3 is 6.18 Å². The molecule has 0 spiro atoms. The summed E-state index contributed by atoms with van der Waals surface area (Å²) >= 11 is 0. The number of hydrogen-bond donors (Lipinski definition) is 2. The van der Waals surface area contributed by atoms with Gasteiger partial charge in [0.1, 0.15) is 6.54 Å². The summed E-state index contributed by atoms with van der Waals surface area (Å²) in [5.74, 6) is -1.19. The highest BCUT2D eigenvalue weighted by molar-refractivity contribution is 5.85. The van der Waals surface area contributed by atoms with Crippen LogP contribution in [0.3, 0.4) is 0 Å². The second kappa shape index (κ2) is 3.72. The lowest BCUT2D eigenvalue weighted by Gasteiger charge is -2.17. The van der Waals surface area contributed by atoms with Gasteiger partial charge in [-0.3, -0.25) is 4.79 Å². The highest BCUT2D eigenvalue weighted by atomic mass is 19.4. The summed E-state index contributed by atoms with van der Waals surface area (Å²) in [6.07, 6.45) is -4.59. The molecule has 0 aromatic carbocycles. The highest BCUT2D eigenvalue weighted by Crippen LogP contribution is 2.20. The summed E-state index contributed by atoms with van der Waals surface area (Å²) in [4.78, 5) is 11.0. The van der Waals surface area contributed by atoms with Crippen LogP contribution in [0.25, 0.3) is 0 Å². The van der Waals surface area contributed by atoms with E-state index in [9.17, 15) is 22.4 Å². The summed E-state index contributed by atoms with van der Waals surface area (Å²) < 4.78 is 48.5. The van der Waals surface area contributed by atoms with E-state index in [1.807, 2.05) is 0 Å². The van der Waals surface area contributed by atoms with E-state index in [0.717, 1.165) is 0 Å². The molecule has 1 saturated heterocycles. The van der Waals surface area contributed by atoms with Crippen LogP contribution in [-0.4, -0.2) is 37.4 Å². The standard InChI is InChI=1S/C7H10F4N2O/c8-6(1-2-12-3-6)5(14)13-4-7(9,10)11/h12H,1-4H2,(H,13,14)/t6-/m1/s1. The number of nitrogens with one attached hydrogen (secondary N) is 2. The van der Waals surface area contributed by atoms with Gasteiger partial charge in [-0.2, -0.15) is 13.2 Å². The van der Waals surface area contributed by atoms with E-state index < -0.39 is 24.3 Å². The Morgan fingerprint density at radius 2 is 2.14 bits per heavy atom. The van der Waals surface area contributed by atoms with Crippen molar-refractivity contribution in [2.75, 3.05) is 19.6 Å². The lowest BCUT2D eigenvalue weighted by molar-refractivity contribution is -0.145. The zero-order chi connectivity index (χ0) is 10.8. The van der Waals surface area contributed by atoms with Gasteiger partial charge in [-0.25, -0.2) is 4.39 Å². The van der Waals surface area contributed by atoms with Gasteiger partial charge in [0.2, 0.25) is 5.67 Å². The molecule has 1 rings (SSSR count). The molecule has 1 heterocycles. The Morgan fingerprint density at radius 1 is 1.50 bits per heavy atom. The van der Waals surface area contributed by atoms with Crippen molar-refractivity contribution in [2.24, 2.45) is 0 Å². The summed E-state index contributed by atoms with van der Waals surface area (Å²) in [6.45, 7) is -1.41. The SMILES string of the molecule is O=C(NCC(F)(F)F)[C@@]1(F)CCNC1. The average molecular weight is 214 g/mol. The third-order valence-corrected chi connectivity index (χ3v) is 1.96. The van der Waals surface area contributed by atoms with Crippen LogP contribution in [0.2, 0.25) is 0 Å². The lowest BCUT2D eigenvalue weighted by Crippen LogP contribution is -2.47. The monoisotopic (exact) mass is 214 g/mol. The summed E-state index contributed by atoms with van der Waals surface area (Å²) in [5, 5.41) is 4.10. The lowest BCUT2D eigenvalue weighted by atomic mass is 10.1. The van der Waals surface area contributed by atoms with Crippen LogP contribution in [0.1, 0.15) is 6.42 Å². The van der Waals surface area contributed by atoms with Gasteiger partial charge in [0.25, 0.3) is 5.91 Å². The predicted molar refractivity (Wildman–Crippen MR) is 40.4 cm³/mol. The first-order valence-corrected chi connectivity index (χ1v) is 4.08. The quantitative estimate of drug-likeness (QED) is 0.652. The number of amides is 1. The minimum absolute atomic E-state index is 0.0866. The van der Waals surface area contributed by atoms with Crippen LogP contribution in [0.4, 0.5) is 17.6 Å². The van der Waals surface area contributed by atoms with E-state index in [2.05, 4.69) is 5.32 Å². The maximum atomic E-state index is 13.4. The van der Waals surface area contributed by atoms with Crippen molar-refractivity contribution in [3.63, 3.8) is 0 Å². The largest absolute Gasteiger partial charge is 0.405 e. The van der Waals surface area contributed by atoms with Crippen molar-refractivity contribution in [3.05, 3.63) is 0 Å². The van der Waals surface area contributed by atoms with Gasteiger partial charge in [-0.15, -0.1) is 0 Å². The number of hydrogen-bond acceptors (Lipinski definition) is 2. The van der Waals surface area contributed by atoms with E-state index >= 15 is 0 Å². The van der Waals surface area contributed by atoms with Crippen LogP contribution < -0.4 is 10.6 Å². The Hall–Kier alpha value is -0.850. The zero-order valence-corrected chi connectivity index (χ0v) is 7.25. The first kappa shape index (κ1) is 11.2. The second-order valence-corrected chi connectivity index (χ2v) is 3.19. The number of alkyl halides is 4. The molecule has 2 N–H and O–H groups in total. The van der Waals surface area contributed by atoms with Gasteiger partial charge in [0.05, 0.1) is 0 Å².